The molecule has 1 unspecified atom stereocenters. The highest BCUT2D eigenvalue weighted by Crippen LogP contribution is 2.08. The molecular formula is C15H26ClN3O3S. The van der Waals surface area contributed by atoms with Crippen LogP contribution in [0.5, 0.6) is 0 Å². The van der Waals surface area contributed by atoms with E-state index in [1.807, 2.05) is 12.1 Å². The third kappa shape index (κ3) is 9.55. The maximum absolute atomic E-state index is 11.8. The van der Waals surface area contributed by atoms with E-state index in [0.717, 1.165) is 5.56 Å². The molecule has 0 saturated carbocycles. The standard InChI is InChI=1S/C15H25N3O3S.ClH/c1-11(2)18-22(20,21)10-14-6-4-13(5-7-14)9-17-15(19)8-12(3)16;/h4-7,11-12,18H,8-10,16H2,1-3H3,(H,17,19);1H. The Morgan fingerprint density at radius 1 is 1.13 bits per heavy atom. The van der Waals surface area contributed by atoms with Gasteiger partial charge in [0.2, 0.25) is 15.9 Å². The highest BCUT2D eigenvalue weighted by atomic mass is 35.5. The number of rotatable bonds is 8. The lowest BCUT2D eigenvalue weighted by atomic mass is 10.1. The molecule has 0 aliphatic rings. The van der Waals surface area contributed by atoms with E-state index >= 15 is 0 Å². The zero-order valence-corrected chi connectivity index (χ0v) is 15.3. The molecular weight excluding hydrogens is 338 g/mol. The van der Waals surface area contributed by atoms with E-state index in [0.29, 0.717) is 12.1 Å². The van der Waals surface area contributed by atoms with Crippen LogP contribution >= 0.6 is 12.4 Å². The number of nitrogens with two attached hydrogens (primary N) is 1. The van der Waals surface area contributed by atoms with Crippen LogP contribution in [0.1, 0.15) is 38.3 Å². The minimum atomic E-state index is -3.32. The van der Waals surface area contributed by atoms with Gasteiger partial charge in [0.05, 0.1) is 5.75 Å². The fraction of sp³-hybridized carbons (Fsp3) is 0.533. The van der Waals surface area contributed by atoms with Crippen molar-refractivity contribution in [2.24, 2.45) is 5.73 Å². The third-order valence-electron chi connectivity index (χ3n) is 2.79. The van der Waals surface area contributed by atoms with Gasteiger partial charge in [-0.05, 0) is 31.9 Å². The third-order valence-corrected chi connectivity index (χ3v) is 4.34. The minimum Gasteiger partial charge on any atom is -0.352 e. The predicted octanol–water partition coefficient (Wildman–Crippen LogP) is 1.29. The average Bonchev–Trinajstić information content (AvgIpc) is 2.35. The van der Waals surface area contributed by atoms with Gasteiger partial charge in [-0.2, -0.15) is 0 Å². The SMILES string of the molecule is CC(N)CC(=O)NCc1ccc(CS(=O)(=O)NC(C)C)cc1.Cl. The highest BCUT2D eigenvalue weighted by molar-refractivity contribution is 7.88. The van der Waals surface area contributed by atoms with Crippen molar-refractivity contribution in [1.29, 1.82) is 0 Å². The molecule has 6 nitrogen and oxygen atoms in total. The van der Waals surface area contributed by atoms with Gasteiger partial charge in [-0.15, -0.1) is 12.4 Å². The number of carbonyl (C=O) groups excluding carboxylic acids is 1. The van der Waals surface area contributed by atoms with Crippen LogP contribution in [-0.2, 0) is 27.1 Å². The van der Waals surface area contributed by atoms with Gasteiger partial charge in [-0.25, -0.2) is 13.1 Å². The number of nitrogens with one attached hydrogen (secondary N) is 2. The van der Waals surface area contributed by atoms with Gasteiger partial charge < -0.3 is 11.1 Å². The second kappa shape index (κ2) is 9.87. The Morgan fingerprint density at radius 2 is 1.65 bits per heavy atom. The summed E-state index contributed by atoms with van der Waals surface area (Å²) in [6.45, 7) is 5.75. The van der Waals surface area contributed by atoms with Gasteiger partial charge in [0.15, 0.2) is 0 Å². The molecule has 1 atom stereocenters. The Hall–Kier alpha value is -1.15. The molecule has 0 aliphatic heterocycles. The Labute approximate surface area is 144 Å². The van der Waals surface area contributed by atoms with E-state index in [9.17, 15) is 13.2 Å². The normalized spacial score (nSPS) is 12.6. The summed E-state index contributed by atoms with van der Waals surface area (Å²) >= 11 is 0. The molecule has 0 heterocycles. The summed E-state index contributed by atoms with van der Waals surface area (Å²) in [6.07, 6.45) is 0.289. The Morgan fingerprint density at radius 3 is 2.13 bits per heavy atom. The van der Waals surface area contributed by atoms with Gasteiger partial charge >= 0.3 is 0 Å². The molecule has 0 spiro atoms. The van der Waals surface area contributed by atoms with E-state index in [-0.39, 0.29) is 42.6 Å². The van der Waals surface area contributed by atoms with Crippen LogP contribution in [0.2, 0.25) is 0 Å². The summed E-state index contributed by atoms with van der Waals surface area (Å²) in [5, 5.41) is 2.77. The first-order chi connectivity index (χ1) is 10.2. The maximum atomic E-state index is 11.8. The van der Waals surface area contributed by atoms with Crippen LogP contribution in [0.25, 0.3) is 0 Å². The summed E-state index contributed by atoms with van der Waals surface area (Å²) < 4.78 is 26.2. The van der Waals surface area contributed by atoms with Gasteiger partial charge in [0.1, 0.15) is 0 Å². The summed E-state index contributed by atoms with van der Waals surface area (Å²) in [7, 11) is -3.32. The van der Waals surface area contributed by atoms with E-state index in [4.69, 9.17) is 5.73 Å². The average molecular weight is 364 g/mol. The van der Waals surface area contributed by atoms with E-state index in [1.54, 1.807) is 32.9 Å². The number of amides is 1. The molecule has 0 aromatic heterocycles. The lowest BCUT2D eigenvalue weighted by molar-refractivity contribution is -0.121. The second-order valence-corrected chi connectivity index (χ2v) is 7.56. The molecule has 0 bridgehead atoms. The van der Waals surface area contributed by atoms with Crippen LogP contribution < -0.4 is 15.8 Å². The van der Waals surface area contributed by atoms with Crippen LogP contribution in [0, 0.1) is 0 Å². The fourth-order valence-electron chi connectivity index (χ4n) is 1.94. The van der Waals surface area contributed by atoms with Crippen molar-refractivity contribution >= 4 is 28.3 Å². The summed E-state index contributed by atoms with van der Waals surface area (Å²) in [5.41, 5.74) is 7.17. The van der Waals surface area contributed by atoms with Gasteiger partial charge in [0, 0.05) is 25.0 Å². The molecule has 0 fully saturated rings. The first-order valence-electron chi connectivity index (χ1n) is 7.28. The molecule has 1 amide bonds. The number of hydrogen-bond donors (Lipinski definition) is 3. The largest absolute Gasteiger partial charge is 0.352 e. The monoisotopic (exact) mass is 363 g/mol. The number of halogens is 1. The van der Waals surface area contributed by atoms with Gasteiger partial charge in [-0.3, -0.25) is 4.79 Å². The van der Waals surface area contributed by atoms with Gasteiger partial charge in [-0.1, -0.05) is 24.3 Å². The summed E-state index contributed by atoms with van der Waals surface area (Å²) in [6, 6.07) is 6.85. The first-order valence-corrected chi connectivity index (χ1v) is 8.93. The topological polar surface area (TPSA) is 101 Å². The maximum Gasteiger partial charge on any atom is 0.221 e. The van der Waals surface area contributed by atoms with Crippen molar-refractivity contribution in [1.82, 2.24) is 10.0 Å². The zero-order valence-electron chi connectivity index (χ0n) is 13.7. The second-order valence-electron chi connectivity index (χ2n) is 5.81. The lowest BCUT2D eigenvalue weighted by Gasteiger charge is -2.10. The fourth-order valence-corrected chi connectivity index (χ4v) is 3.37. The molecule has 1 rings (SSSR count). The van der Waals surface area contributed by atoms with Crippen molar-refractivity contribution in [3.63, 3.8) is 0 Å². The number of hydrogen-bond acceptors (Lipinski definition) is 4. The smallest absolute Gasteiger partial charge is 0.221 e. The zero-order chi connectivity index (χ0) is 16.8. The van der Waals surface area contributed by atoms with Crippen molar-refractivity contribution in [2.45, 2.75) is 51.6 Å². The first kappa shape index (κ1) is 21.9. The van der Waals surface area contributed by atoms with Crippen molar-refractivity contribution in [3.05, 3.63) is 35.4 Å². The Balaban J connectivity index is 0.00000484. The van der Waals surface area contributed by atoms with Gasteiger partial charge in [0.25, 0.3) is 0 Å². The van der Waals surface area contributed by atoms with Crippen molar-refractivity contribution in [3.8, 4) is 0 Å². The number of sulfonamides is 1. The van der Waals surface area contributed by atoms with Crippen LogP contribution in [0.4, 0.5) is 0 Å². The van der Waals surface area contributed by atoms with E-state index in [2.05, 4.69) is 10.0 Å². The molecule has 1 aromatic rings. The quantitative estimate of drug-likeness (QED) is 0.647. The minimum absolute atomic E-state index is 0. The molecule has 23 heavy (non-hydrogen) atoms. The summed E-state index contributed by atoms with van der Waals surface area (Å²) in [4.78, 5) is 11.5. The van der Waals surface area contributed by atoms with Crippen LogP contribution in [-0.4, -0.2) is 26.4 Å². The molecule has 0 radical (unpaired) electrons. The molecule has 0 saturated heterocycles. The molecule has 4 N–H and O–H groups in total. The lowest BCUT2D eigenvalue weighted by Crippen LogP contribution is -2.31. The molecule has 1 aromatic carbocycles. The highest BCUT2D eigenvalue weighted by Gasteiger charge is 2.12. The summed E-state index contributed by atoms with van der Waals surface area (Å²) in [5.74, 6) is -0.148. The molecule has 132 valence electrons. The number of carbonyl (C=O) groups is 1. The van der Waals surface area contributed by atoms with Crippen molar-refractivity contribution in [2.75, 3.05) is 0 Å². The Bertz CT molecular complexity index is 586. The van der Waals surface area contributed by atoms with E-state index < -0.39 is 10.0 Å². The Kier molecular flexibility index (Phi) is 9.38. The molecule has 0 aliphatic carbocycles. The van der Waals surface area contributed by atoms with E-state index in [1.165, 1.54) is 0 Å². The van der Waals surface area contributed by atoms with Crippen LogP contribution in [0.15, 0.2) is 24.3 Å². The van der Waals surface area contributed by atoms with Crippen molar-refractivity contribution < 1.29 is 13.2 Å². The molecule has 8 heteroatoms. The predicted molar refractivity (Wildman–Crippen MR) is 94.7 cm³/mol. The van der Waals surface area contributed by atoms with Crippen LogP contribution in [0.3, 0.4) is 0 Å². The number of benzene rings is 1.